The summed E-state index contributed by atoms with van der Waals surface area (Å²) in [6.07, 6.45) is 4.13. The van der Waals surface area contributed by atoms with Gasteiger partial charge >= 0.3 is 0 Å². The Labute approximate surface area is 155 Å². The summed E-state index contributed by atoms with van der Waals surface area (Å²) in [4.78, 5) is 3.62. The van der Waals surface area contributed by atoms with Gasteiger partial charge in [0.15, 0.2) is 0 Å². The van der Waals surface area contributed by atoms with Gasteiger partial charge in [-0.1, -0.05) is 13.0 Å². The standard InChI is InChI=1S/C22H28N2O2/c1-4-15-8-11-20-19(13-15)17(7-5-6-12-23)22(24-20)18-10-9-16(25-2)14-21(18)26-3/h8-11,13-14,24H,4-7,12,23H2,1-3H3. The van der Waals surface area contributed by atoms with Gasteiger partial charge < -0.3 is 20.2 Å². The fourth-order valence-corrected chi connectivity index (χ4v) is 3.46. The van der Waals surface area contributed by atoms with Crippen molar-refractivity contribution in [2.24, 2.45) is 5.73 Å². The summed E-state index contributed by atoms with van der Waals surface area (Å²) in [5.41, 5.74) is 11.8. The van der Waals surface area contributed by atoms with E-state index in [0.717, 1.165) is 60.5 Å². The molecule has 1 aromatic heterocycles. The van der Waals surface area contributed by atoms with E-state index in [9.17, 15) is 0 Å². The first-order chi connectivity index (χ1) is 12.7. The second-order valence-corrected chi connectivity index (χ2v) is 6.52. The molecule has 0 aliphatic carbocycles. The van der Waals surface area contributed by atoms with Crippen LogP contribution >= 0.6 is 0 Å². The van der Waals surface area contributed by atoms with E-state index in [1.54, 1.807) is 14.2 Å². The minimum absolute atomic E-state index is 0.726. The highest BCUT2D eigenvalue weighted by molar-refractivity contribution is 5.92. The lowest BCUT2D eigenvalue weighted by Gasteiger charge is -2.11. The second-order valence-electron chi connectivity index (χ2n) is 6.52. The summed E-state index contributed by atoms with van der Waals surface area (Å²) in [5, 5.41) is 1.30. The SMILES string of the molecule is CCc1ccc2[nH]c(-c3ccc(OC)cc3OC)c(CCCCN)c2c1. The Morgan fingerprint density at radius 1 is 1.00 bits per heavy atom. The van der Waals surface area contributed by atoms with Gasteiger partial charge in [0, 0.05) is 22.5 Å². The third-order valence-electron chi connectivity index (χ3n) is 4.94. The van der Waals surface area contributed by atoms with E-state index in [1.807, 2.05) is 12.1 Å². The van der Waals surface area contributed by atoms with Gasteiger partial charge in [0.1, 0.15) is 11.5 Å². The van der Waals surface area contributed by atoms with Gasteiger partial charge in [-0.05, 0) is 67.6 Å². The number of aryl methyl sites for hydroxylation is 2. The molecule has 0 bridgehead atoms. The van der Waals surface area contributed by atoms with E-state index in [0.29, 0.717) is 0 Å². The lowest BCUT2D eigenvalue weighted by atomic mass is 9.98. The summed E-state index contributed by atoms with van der Waals surface area (Å²) in [5.74, 6) is 1.60. The Morgan fingerprint density at radius 2 is 1.85 bits per heavy atom. The van der Waals surface area contributed by atoms with Crippen LogP contribution in [-0.2, 0) is 12.8 Å². The summed E-state index contributed by atoms with van der Waals surface area (Å²) in [6.45, 7) is 2.92. The molecule has 2 aromatic carbocycles. The number of H-pyrrole nitrogens is 1. The van der Waals surface area contributed by atoms with Crippen LogP contribution in [-0.4, -0.2) is 25.7 Å². The van der Waals surface area contributed by atoms with Gasteiger partial charge in [-0.3, -0.25) is 0 Å². The molecule has 26 heavy (non-hydrogen) atoms. The molecule has 4 nitrogen and oxygen atoms in total. The van der Waals surface area contributed by atoms with Crippen molar-refractivity contribution in [3.05, 3.63) is 47.5 Å². The fraction of sp³-hybridized carbons (Fsp3) is 0.364. The first-order valence-corrected chi connectivity index (χ1v) is 9.27. The van der Waals surface area contributed by atoms with Crippen molar-refractivity contribution in [3.8, 4) is 22.8 Å². The molecular formula is C22H28N2O2. The Morgan fingerprint density at radius 3 is 2.54 bits per heavy atom. The van der Waals surface area contributed by atoms with E-state index < -0.39 is 0 Å². The molecule has 0 amide bonds. The van der Waals surface area contributed by atoms with E-state index in [-0.39, 0.29) is 0 Å². The molecule has 138 valence electrons. The van der Waals surface area contributed by atoms with Crippen LogP contribution in [0.4, 0.5) is 0 Å². The van der Waals surface area contributed by atoms with Crippen LogP contribution in [0.1, 0.15) is 30.9 Å². The Kier molecular flexibility index (Phi) is 5.84. The lowest BCUT2D eigenvalue weighted by Crippen LogP contribution is -1.99. The smallest absolute Gasteiger partial charge is 0.131 e. The van der Waals surface area contributed by atoms with Crippen LogP contribution < -0.4 is 15.2 Å². The number of nitrogens with one attached hydrogen (secondary N) is 1. The summed E-state index contributed by atoms with van der Waals surface area (Å²) in [6, 6.07) is 12.7. The number of aromatic nitrogens is 1. The van der Waals surface area contributed by atoms with Crippen molar-refractivity contribution in [3.63, 3.8) is 0 Å². The molecule has 0 saturated heterocycles. The zero-order chi connectivity index (χ0) is 18.5. The molecule has 3 rings (SSSR count). The quantitative estimate of drug-likeness (QED) is 0.578. The van der Waals surface area contributed by atoms with Gasteiger partial charge in [-0.25, -0.2) is 0 Å². The van der Waals surface area contributed by atoms with Crippen molar-refractivity contribution >= 4 is 10.9 Å². The number of aromatic amines is 1. The molecule has 0 saturated carbocycles. The maximum atomic E-state index is 5.71. The number of unbranched alkanes of at least 4 members (excludes halogenated alkanes) is 1. The van der Waals surface area contributed by atoms with E-state index in [1.165, 1.54) is 16.5 Å². The number of benzene rings is 2. The molecule has 0 aliphatic rings. The van der Waals surface area contributed by atoms with Gasteiger partial charge in [0.05, 0.1) is 19.9 Å². The van der Waals surface area contributed by atoms with Crippen LogP contribution in [0.3, 0.4) is 0 Å². The summed E-state index contributed by atoms with van der Waals surface area (Å²) < 4.78 is 11.0. The molecule has 0 unspecified atom stereocenters. The van der Waals surface area contributed by atoms with Crippen LogP contribution in [0.15, 0.2) is 36.4 Å². The molecule has 0 radical (unpaired) electrons. The number of rotatable bonds is 8. The molecular weight excluding hydrogens is 324 g/mol. The number of hydrogen-bond donors (Lipinski definition) is 2. The average Bonchev–Trinajstić information content (AvgIpc) is 3.05. The van der Waals surface area contributed by atoms with Gasteiger partial charge in [0.2, 0.25) is 0 Å². The normalized spacial score (nSPS) is 11.1. The molecule has 1 heterocycles. The monoisotopic (exact) mass is 352 g/mol. The third kappa shape index (κ3) is 3.56. The molecule has 0 atom stereocenters. The predicted molar refractivity (Wildman–Crippen MR) is 108 cm³/mol. The van der Waals surface area contributed by atoms with Gasteiger partial charge in [-0.15, -0.1) is 0 Å². The number of fused-ring (bicyclic) bond motifs is 1. The minimum Gasteiger partial charge on any atom is -0.497 e. The van der Waals surface area contributed by atoms with Crippen molar-refractivity contribution < 1.29 is 9.47 Å². The van der Waals surface area contributed by atoms with Crippen molar-refractivity contribution in [2.75, 3.05) is 20.8 Å². The van der Waals surface area contributed by atoms with Crippen LogP contribution in [0.2, 0.25) is 0 Å². The second kappa shape index (κ2) is 8.28. The topological polar surface area (TPSA) is 60.3 Å². The van der Waals surface area contributed by atoms with E-state index >= 15 is 0 Å². The van der Waals surface area contributed by atoms with Gasteiger partial charge in [-0.2, -0.15) is 0 Å². The maximum Gasteiger partial charge on any atom is 0.131 e. The summed E-state index contributed by atoms with van der Waals surface area (Å²) in [7, 11) is 3.37. The highest BCUT2D eigenvalue weighted by Gasteiger charge is 2.17. The van der Waals surface area contributed by atoms with Crippen LogP contribution in [0, 0.1) is 0 Å². The maximum absolute atomic E-state index is 5.71. The molecule has 0 aliphatic heterocycles. The zero-order valence-electron chi connectivity index (χ0n) is 15.9. The van der Waals surface area contributed by atoms with Crippen molar-refractivity contribution in [1.29, 1.82) is 0 Å². The molecule has 3 N–H and O–H groups in total. The molecule has 3 aromatic rings. The average molecular weight is 352 g/mol. The molecule has 4 heteroatoms. The highest BCUT2D eigenvalue weighted by Crippen LogP contribution is 2.38. The van der Waals surface area contributed by atoms with Crippen LogP contribution in [0.25, 0.3) is 22.2 Å². The zero-order valence-corrected chi connectivity index (χ0v) is 15.9. The van der Waals surface area contributed by atoms with Gasteiger partial charge in [0.25, 0.3) is 0 Å². The Balaban J connectivity index is 2.16. The number of nitrogens with two attached hydrogens (primary N) is 1. The Bertz CT molecular complexity index is 883. The first-order valence-electron chi connectivity index (χ1n) is 9.27. The predicted octanol–water partition coefficient (Wildman–Crippen LogP) is 4.70. The fourth-order valence-electron chi connectivity index (χ4n) is 3.46. The Hall–Kier alpha value is -2.46. The largest absolute Gasteiger partial charge is 0.497 e. The van der Waals surface area contributed by atoms with Crippen molar-refractivity contribution in [1.82, 2.24) is 4.98 Å². The number of ether oxygens (including phenoxy) is 2. The van der Waals surface area contributed by atoms with Crippen LogP contribution in [0.5, 0.6) is 11.5 Å². The highest BCUT2D eigenvalue weighted by atomic mass is 16.5. The first kappa shape index (κ1) is 18.3. The molecule has 0 fully saturated rings. The number of methoxy groups -OCH3 is 2. The lowest BCUT2D eigenvalue weighted by molar-refractivity contribution is 0.395. The van der Waals surface area contributed by atoms with Crippen molar-refractivity contribution in [2.45, 2.75) is 32.6 Å². The van der Waals surface area contributed by atoms with E-state index in [4.69, 9.17) is 15.2 Å². The molecule has 0 spiro atoms. The number of hydrogen-bond acceptors (Lipinski definition) is 3. The minimum atomic E-state index is 0.726. The summed E-state index contributed by atoms with van der Waals surface area (Å²) >= 11 is 0. The van der Waals surface area contributed by atoms with E-state index in [2.05, 4.69) is 36.2 Å². The third-order valence-corrected chi connectivity index (χ3v) is 4.94.